The third-order valence-electron chi connectivity index (χ3n) is 2.84. The highest BCUT2D eigenvalue weighted by molar-refractivity contribution is 5.71. The molecular weight excluding hydrogens is 216 g/mol. The maximum absolute atomic E-state index is 6.23. The van der Waals surface area contributed by atoms with Gasteiger partial charge in [0.2, 0.25) is 5.88 Å². The number of fused-ring (bicyclic) bond motifs is 1. The average Bonchev–Trinajstić information content (AvgIpc) is 2.72. The van der Waals surface area contributed by atoms with E-state index in [1.807, 2.05) is 13.0 Å². The highest BCUT2D eigenvalue weighted by Gasteiger charge is 2.24. The summed E-state index contributed by atoms with van der Waals surface area (Å²) in [4.78, 5) is 11.9. The Morgan fingerprint density at radius 1 is 1.41 bits per heavy atom. The monoisotopic (exact) mass is 234 g/mol. The number of pyridine rings is 1. The number of methoxy groups -OCH3 is 1. The fraction of sp³-hybridized carbons (Fsp3) is 0.500. The molecule has 0 radical (unpaired) electrons. The first-order chi connectivity index (χ1) is 8.06. The van der Waals surface area contributed by atoms with Crippen molar-refractivity contribution >= 4 is 11.2 Å². The summed E-state index contributed by atoms with van der Waals surface area (Å²) in [7, 11) is 1.59. The Kier molecular flexibility index (Phi) is 3.02. The molecule has 2 aromatic rings. The van der Waals surface area contributed by atoms with Crippen LogP contribution in [0.5, 0.6) is 5.88 Å². The molecule has 5 nitrogen and oxygen atoms in total. The molecule has 1 unspecified atom stereocenters. The molecule has 0 aliphatic heterocycles. The fourth-order valence-corrected chi connectivity index (χ4v) is 1.90. The van der Waals surface area contributed by atoms with E-state index in [2.05, 4.69) is 21.9 Å². The Labute approximate surface area is 100 Å². The molecule has 2 heterocycles. The zero-order valence-electron chi connectivity index (χ0n) is 10.4. The van der Waals surface area contributed by atoms with Gasteiger partial charge in [-0.2, -0.15) is 4.98 Å². The van der Waals surface area contributed by atoms with Gasteiger partial charge in [-0.1, -0.05) is 13.3 Å². The Morgan fingerprint density at radius 2 is 2.18 bits per heavy atom. The number of aromatic amines is 1. The molecule has 0 aromatic carbocycles. The molecule has 3 N–H and O–H groups in total. The van der Waals surface area contributed by atoms with Crippen molar-refractivity contribution in [1.29, 1.82) is 0 Å². The van der Waals surface area contributed by atoms with E-state index in [1.54, 1.807) is 13.2 Å². The number of ether oxygens (including phenoxy) is 1. The number of hydrogen-bond donors (Lipinski definition) is 2. The Morgan fingerprint density at radius 3 is 2.82 bits per heavy atom. The topological polar surface area (TPSA) is 76.8 Å². The number of nitrogens with zero attached hydrogens (tertiary/aromatic N) is 2. The van der Waals surface area contributed by atoms with Crippen LogP contribution in [-0.4, -0.2) is 22.1 Å². The first-order valence-electron chi connectivity index (χ1n) is 5.77. The molecule has 0 saturated carbocycles. The van der Waals surface area contributed by atoms with Crippen molar-refractivity contribution in [3.05, 3.63) is 18.0 Å². The van der Waals surface area contributed by atoms with Crippen molar-refractivity contribution in [2.75, 3.05) is 7.11 Å². The van der Waals surface area contributed by atoms with Crippen LogP contribution in [0.1, 0.15) is 32.5 Å². The molecule has 0 aliphatic carbocycles. The third-order valence-corrected chi connectivity index (χ3v) is 2.84. The van der Waals surface area contributed by atoms with Crippen LogP contribution in [0.25, 0.3) is 11.2 Å². The summed E-state index contributed by atoms with van der Waals surface area (Å²) in [6.07, 6.45) is 1.89. The number of H-pyrrole nitrogens is 1. The lowest BCUT2D eigenvalue weighted by Crippen LogP contribution is -2.34. The number of nitrogens with two attached hydrogens (primary N) is 1. The summed E-state index contributed by atoms with van der Waals surface area (Å²) in [5, 5.41) is 0. The lowest BCUT2D eigenvalue weighted by molar-refractivity contribution is 0.399. The van der Waals surface area contributed by atoms with Crippen LogP contribution in [-0.2, 0) is 5.54 Å². The molecule has 92 valence electrons. The molecule has 2 aromatic heterocycles. The van der Waals surface area contributed by atoms with Gasteiger partial charge in [-0.15, -0.1) is 0 Å². The first kappa shape index (κ1) is 11.9. The van der Waals surface area contributed by atoms with E-state index in [9.17, 15) is 0 Å². The second-order valence-corrected chi connectivity index (χ2v) is 4.48. The normalized spacial score (nSPS) is 14.8. The van der Waals surface area contributed by atoms with Gasteiger partial charge < -0.3 is 15.5 Å². The standard InChI is InChI=1S/C12H18N4O/c1-4-7-12(2,13)11-14-8-5-6-9(17-3)15-10(8)16-11/h5-6H,4,7,13H2,1-3H3,(H,14,15,16). The van der Waals surface area contributed by atoms with Gasteiger partial charge in [0.15, 0.2) is 5.65 Å². The lowest BCUT2D eigenvalue weighted by atomic mass is 9.97. The average molecular weight is 234 g/mol. The Bertz CT molecular complexity index is 518. The highest BCUT2D eigenvalue weighted by atomic mass is 16.5. The highest BCUT2D eigenvalue weighted by Crippen LogP contribution is 2.23. The summed E-state index contributed by atoms with van der Waals surface area (Å²) in [6, 6.07) is 3.71. The number of imidazole rings is 1. The largest absolute Gasteiger partial charge is 0.481 e. The quantitative estimate of drug-likeness (QED) is 0.847. The molecule has 0 saturated heterocycles. The van der Waals surface area contributed by atoms with Crippen LogP contribution in [0.15, 0.2) is 12.1 Å². The maximum Gasteiger partial charge on any atom is 0.215 e. The molecule has 0 fully saturated rings. The summed E-state index contributed by atoms with van der Waals surface area (Å²) >= 11 is 0. The van der Waals surface area contributed by atoms with Crippen molar-refractivity contribution < 1.29 is 4.74 Å². The number of nitrogens with one attached hydrogen (secondary N) is 1. The Balaban J connectivity index is 2.44. The fourth-order valence-electron chi connectivity index (χ4n) is 1.90. The van der Waals surface area contributed by atoms with Gasteiger partial charge in [0, 0.05) is 6.07 Å². The predicted molar refractivity (Wildman–Crippen MR) is 66.9 cm³/mol. The second-order valence-electron chi connectivity index (χ2n) is 4.48. The van der Waals surface area contributed by atoms with Gasteiger partial charge in [-0.3, -0.25) is 0 Å². The van der Waals surface area contributed by atoms with E-state index < -0.39 is 5.54 Å². The minimum atomic E-state index is -0.442. The van der Waals surface area contributed by atoms with Gasteiger partial charge >= 0.3 is 0 Å². The zero-order valence-corrected chi connectivity index (χ0v) is 10.4. The van der Waals surface area contributed by atoms with Crippen LogP contribution in [0.3, 0.4) is 0 Å². The van der Waals surface area contributed by atoms with Crippen molar-refractivity contribution in [2.45, 2.75) is 32.2 Å². The smallest absolute Gasteiger partial charge is 0.215 e. The van der Waals surface area contributed by atoms with Gasteiger partial charge in [0.25, 0.3) is 0 Å². The molecule has 0 aliphatic rings. The van der Waals surface area contributed by atoms with E-state index in [-0.39, 0.29) is 0 Å². The van der Waals surface area contributed by atoms with E-state index in [0.717, 1.165) is 24.2 Å². The first-order valence-corrected chi connectivity index (χ1v) is 5.77. The van der Waals surface area contributed by atoms with E-state index in [4.69, 9.17) is 10.5 Å². The van der Waals surface area contributed by atoms with Gasteiger partial charge in [-0.05, 0) is 19.4 Å². The minimum absolute atomic E-state index is 0.442. The van der Waals surface area contributed by atoms with Crippen LogP contribution >= 0.6 is 0 Å². The number of aromatic nitrogens is 3. The lowest BCUT2D eigenvalue weighted by Gasteiger charge is -2.20. The van der Waals surface area contributed by atoms with Crippen molar-refractivity contribution in [2.24, 2.45) is 5.73 Å². The van der Waals surface area contributed by atoms with E-state index in [1.165, 1.54) is 0 Å². The zero-order chi connectivity index (χ0) is 12.5. The van der Waals surface area contributed by atoms with Crippen molar-refractivity contribution in [3.8, 4) is 5.88 Å². The minimum Gasteiger partial charge on any atom is -0.481 e. The Hall–Kier alpha value is -1.62. The van der Waals surface area contributed by atoms with Gasteiger partial charge in [-0.25, -0.2) is 4.98 Å². The van der Waals surface area contributed by atoms with Gasteiger partial charge in [0.05, 0.1) is 18.2 Å². The summed E-state index contributed by atoms with van der Waals surface area (Å²) < 4.78 is 5.07. The maximum atomic E-state index is 6.23. The van der Waals surface area contributed by atoms with Crippen LogP contribution in [0, 0.1) is 0 Å². The summed E-state index contributed by atoms with van der Waals surface area (Å²) in [5.74, 6) is 1.33. The van der Waals surface area contributed by atoms with Gasteiger partial charge in [0.1, 0.15) is 5.82 Å². The second kappa shape index (κ2) is 4.33. The molecule has 2 rings (SSSR count). The molecule has 0 amide bonds. The molecule has 0 spiro atoms. The predicted octanol–water partition coefficient (Wildman–Crippen LogP) is 1.94. The van der Waals surface area contributed by atoms with E-state index >= 15 is 0 Å². The van der Waals surface area contributed by atoms with Crippen LogP contribution in [0.4, 0.5) is 0 Å². The molecular formula is C12H18N4O. The number of rotatable bonds is 4. The van der Waals surface area contributed by atoms with Crippen LogP contribution < -0.4 is 10.5 Å². The van der Waals surface area contributed by atoms with Crippen LogP contribution in [0.2, 0.25) is 0 Å². The molecule has 1 atom stereocenters. The summed E-state index contributed by atoms with van der Waals surface area (Å²) in [6.45, 7) is 4.08. The van der Waals surface area contributed by atoms with Crippen molar-refractivity contribution in [1.82, 2.24) is 15.0 Å². The molecule has 17 heavy (non-hydrogen) atoms. The van der Waals surface area contributed by atoms with Crippen molar-refractivity contribution in [3.63, 3.8) is 0 Å². The molecule has 0 bridgehead atoms. The third kappa shape index (κ3) is 2.24. The van der Waals surface area contributed by atoms with E-state index in [0.29, 0.717) is 11.5 Å². The molecule has 5 heteroatoms. The SMILES string of the molecule is CCCC(C)(N)c1nc2nc(OC)ccc2[nH]1. The number of hydrogen-bond acceptors (Lipinski definition) is 4. The summed E-state index contributed by atoms with van der Waals surface area (Å²) in [5.41, 5.74) is 7.32.